The van der Waals surface area contributed by atoms with E-state index in [0.29, 0.717) is 11.5 Å². The summed E-state index contributed by atoms with van der Waals surface area (Å²) in [5.74, 6) is 2.32. The van der Waals surface area contributed by atoms with Gasteiger partial charge in [-0.05, 0) is 152 Å². The Morgan fingerprint density at radius 2 is 1.64 bits per heavy atom. The van der Waals surface area contributed by atoms with Crippen molar-refractivity contribution in [1.82, 2.24) is 0 Å². The summed E-state index contributed by atoms with van der Waals surface area (Å²) in [4.78, 5) is 0. The van der Waals surface area contributed by atoms with Gasteiger partial charge in [-0.2, -0.15) is 0 Å². The van der Waals surface area contributed by atoms with Crippen LogP contribution in [0.1, 0.15) is 91.4 Å². The third-order valence-corrected chi connectivity index (χ3v) is 13.3. The molecule has 0 radical (unpaired) electrons. The van der Waals surface area contributed by atoms with Crippen LogP contribution in [0.25, 0.3) is 0 Å². The quantitative estimate of drug-likeness (QED) is 0.189. The van der Waals surface area contributed by atoms with Gasteiger partial charge in [0.25, 0.3) is 0 Å². The molecule has 3 rings (SSSR count). The minimum Gasteiger partial charge on any atom is -0.415 e. The van der Waals surface area contributed by atoms with Gasteiger partial charge in [0, 0.05) is 6.10 Å². The fourth-order valence-electron chi connectivity index (χ4n) is 8.46. The first-order valence-electron chi connectivity index (χ1n) is 17.3. The van der Waals surface area contributed by atoms with Crippen LogP contribution in [0.3, 0.4) is 0 Å². The first-order valence-corrected chi connectivity index (χ1v) is 27.5. The summed E-state index contributed by atoms with van der Waals surface area (Å²) in [5, 5.41) is 0. The zero-order valence-electron chi connectivity index (χ0n) is 29.9. The molecule has 0 aromatic carbocycles. The lowest BCUT2D eigenvalue weighted by Crippen LogP contribution is -2.46. The molecule has 3 fully saturated rings. The van der Waals surface area contributed by atoms with E-state index in [1.807, 2.05) is 0 Å². The summed E-state index contributed by atoms with van der Waals surface area (Å²) in [6.07, 6.45) is 19.0. The second-order valence-electron chi connectivity index (χ2n) is 17.7. The second kappa shape index (κ2) is 14.0. The number of rotatable bonds is 13. The number of fused-ring (bicyclic) bond motifs is 1. The van der Waals surface area contributed by atoms with Gasteiger partial charge in [0.05, 0.1) is 12.2 Å². The Kier molecular flexibility index (Phi) is 12.1. The van der Waals surface area contributed by atoms with Crippen molar-refractivity contribution in [2.45, 2.75) is 162 Å². The van der Waals surface area contributed by atoms with Crippen molar-refractivity contribution in [2.75, 3.05) is 6.61 Å². The van der Waals surface area contributed by atoms with Crippen LogP contribution in [0.4, 0.5) is 0 Å². The molecule has 242 valence electrons. The molecule has 3 nitrogen and oxygen atoms in total. The molecule has 0 spiro atoms. The first kappa shape index (κ1) is 36.2. The van der Waals surface area contributed by atoms with E-state index in [9.17, 15) is 0 Å². The van der Waals surface area contributed by atoms with Crippen LogP contribution in [0.2, 0.25) is 58.9 Å². The van der Waals surface area contributed by atoms with Crippen molar-refractivity contribution in [3.8, 4) is 0 Å². The Balaban J connectivity index is 1.65. The van der Waals surface area contributed by atoms with Gasteiger partial charge in [-0.15, -0.1) is 0 Å². The van der Waals surface area contributed by atoms with E-state index < -0.39 is 25.0 Å². The van der Waals surface area contributed by atoms with Crippen molar-refractivity contribution >= 4 is 25.0 Å². The lowest BCUT2D eigenvalue weighted by molar-refractivity contribution is 0.0134. The monoisotopic (exact) mass is 632 g/mol. The minimum atomic E-state index is -1.66. The van der Waals surface area contributed by atoms with Crippen LogP contribution in [0.15, 0.2) is 35.5 Å². The summed E-state index contributed by atoms with van der Waals surface area (Å²) < 4.78 is 19.7. The predicted octanol–water partition coefficient (Wildman–Crippen LogP) is 11.3. The van der Waals surface area contributed by atoms with Crippen molar-refractivity contribution in [3.63, 3.8) is 0 Å². The summed E-state index contributed by atoms with van der Waals surface area (Å²) in [6, 6.07) is 0. The molecule has 1 unspecified atom stereocenters. The Bertz CT molecular complexity index is 982. The molecular formula is C36H68O3Si3. The summed E-state index contributed by atoms with van der Waals surface area (Å²) in [5.41, 5.74) is 4.76. The number of hydrogen-bond donors (Lipinski definition) is 0. The molecule has 0 bridgehead atoms. The molecule has 6 heteroatoms. The topological polar surface area (TPSA) is 27.7 Å². The largest absolute Gasteiger partial charge is 0.415 e. The average molecular weight is 633 g/mol. The van der Waals surface area contributed by atoms with Gasteiger partial charge >= 0.3 is 0 Å². The van der Waals surface area contributed by atoms with Crippen LogP contribution in [-0.4, -0.2) is 43.3 Å². The summed E-state index contributed by atoms with van der Waals surface area (Å²) >= 11 is 0. The third kappa shape index (κ3) is 10.7. The smallest absolute Gasteiger partial charge is 0.184 e. The summed E-state index contributed by atoms with van der Waals surface area (Å²) in [7, 11) is -4.76. The molecule has 0 aromatic heterocycles. The van der Waals surface area contributed by atoms with Crippen LogP contribution in [0, 0.1) is 23.2 Å². The molecular weight excluding hydrogens is 565 g/mol. The van der Waals surface area contributed by atoms with Crippen LogP contribution >= 0.6 is 0 Å². The highest BCUT2D eigenvalue weighted by Crippen LogP contribution is 2.60. The van der Waals surface area contributed by atoms with Gasteiger partial charge in [-0.25, -0.2) is 0 Å². The van der Waals surface area contributed by atoms with Gasteiger partial charge in [0.1, 0.15) is 0 Å². The molecule has 3 aliphatic rings. The Morgan fingerprint density at radius 1 is 0.952 bits per heavy atom. The molecule has 0 saturated heterocycles. The Morgan fingerprint density at radius 3 is 2.26 bits per heavy atom. The molecule has 0 N–H and O–H groups in total. The average Bonchev–Trinajstić information content (AvgIpc) is 3.18. The van der Waals surface area contributed by atoms with Crippen LogP contribution in [0.5, 0.6) is 0 Å². The van der Waals surface area contributed by atoms with Crippen molar-refractivity contribution < 1.29 is 13.3 Å². The van der Waals surface area contributed by atoms with Crippen molar-refractivity contribution in [1.29, 1.82) is 0 Å². The maximum Gasteiger partial charge on any atom is 0.184 e. The van der Waals surface area contributed by atoms with Crippen molar-refractivity contribution in [3.05, 3.63) is 35.5 Å². The highest BCUT2D eigenvalue weighted by Gasteiger charge is 2.50. The van der Waals surface area contributed by atoms with Gasteiger partial charge < -0.3 is 13.3 Å². The van der Waals surface area contributed by atoms with E-state index in [4.69, 9.17) is 13.3 Å². The second-order valence-corrected chi connectivity index (χ2v) is 31.1. The van der Waals surface area contributed by atoms with E-state index in [-0.39, 0.29) is 5.60 Å². The normalized spacial score (nSPS) is 31.8. The van der Waals surface area contributed by atoms with Crippen molar-refractivity contribution in [2.24, 2.45) is 23.2 Å². The Hall–Kier alpha value is -0.249. The maximum atomic E-state index is 6.77. The number of hydrogen-bond acceptors (Lipinski definition) is 3. The van der Waals surface area contributed by atoms with E-state index in [0.717, 1.165) is 50.0 Å². The molecule has 0 aliphatic heterocycles. The van der Waals surface area contributed by atoms with E-state index in [1.54, 1.807) is 5.57 Å². The molecule has 0 heterocycles. The van der Waals surface area contributed by atoms with E-state index >= 15 is 0 Å². The highest BCUT2D eigenvalue weighted by molar-refractivity contribution is 6.70. The SMILES string of the molecule is C=C1CC[C@H](O[Si](C)(C)C)C/C1=C\C=C1/CCC[C@]2(C)[C@@H]([C@H](C)CCCC(C)(CO[Si](C)(C)C)O[Si](C)(C)C)CC[C@@H]12. The molecule has 3 saturated carbocycles. The molecule has 3 aliphatic carbocycles. The van der Waals surface area contributed by atoms with Gasteiger partial charge in [-0.1, -0.05) is 56.6 Å². The summed E-state index contributed by atoms with van der Waals surface area (Å²) in [6.45, 7) is 33.4. The fraction of sp³-hybridized carbons (Fsp3) is 0.833. The third-order valence-electron chi connectivity index (χ3n) is 10.1. The predicted molar refractivity (Wildman–Crippen MR) is 191 cm³/mol. The lowest BCUT2D eigenvalue weighted by atomic mass is 9.60. The minimum absolute atomic E-state index is 0.164. The van der Waals surface area contributed by atoms with Crippen LogP contribution in [-0.2, 0) is 13.3 Å². The first-order chi connectivity index (χ1) is 19.2. The molecule has 6 atom stereocenters. The fourth-order valence-corrected chi connectivity index (χ4v) is 12.0. The Labute approximate surface area is 264 Å². The molecule has 42 heavy (non-hydrogen) atoms. The lowest BCUT2D eigenvalue weighted by Gasteiger charge is -2.44. The van der Waals surface area contributed by atoms with Gasteiger partial charge in [0.2, 0.25) is 0 Å². The van der Waals surface area contributed by atoms with E-state index in [1.165, 1.54) is 56.1 Å². The van der Waals surface area contributed by atoms with Gasteiger partial charge in [0.15, 0.2) is 25.0 Å². The molecule has 0 aromatic rings. The number of allylic oxidation sites excluding steroid dienone is 4. The van der Waals surface area contributed by atoms with Gasteiger partial charge in [-0.3, -0.25) is 0 Å². The standard InChI is InChI=1S/C36H68O3Si3/c1-28-18-21-32(38-41(8,9)10)26-31(28)20-19-30-17-15-25-36(4)33(22-23-34(30)36)29(2)16-14-24-35(3,39-42(11,12)13)27-37-40(5,6)7/h19-20,29,32-34H,1,14-18,21-27H2,2-13H3/b30-19+,31-20+/t29-,32+,33-,34+,35?,36-/m1/s1. The highest BCUT2D eigenvalue weighted by atomic mass is 28.4. The zero-order valence-corrected chi connectivity index (χ0v) is 32.9. The van der Waals surface area contributed by atoms with Crippen LogP contribution < -0.4 is 0 Å². The zero-order chi connectivity index (χ0) is 31.6. The van der Waals surface area contributed by atoms with E-state index in [2.05, 4.69) is 98.4 Å². The molecule has 0 amide bonds. The maximum absolute atomic E-state index is 6.77.